The van der Waals surface area contributed by atoms with E-state index in [9.17, 15) is 9.90 Å². The Morgan fingerprint density at radius 3 is 2.33 bits per heavy atom. The number of benzene rings is 1. The number of primary amides is 1. The van der Waals surface area contributed by atoms with Gasteiger partial charge in [-0.05, 0) is 51.2 Å². The molecule has 0 spiro atoms. The molecule has 1 aliphatic rings. The summed E-state index contributed by atoms with van der Waals surface area (Å²) >= 11 is 0. The van der Waals surface area contributed by atoms with E-state index < -0.39 is 24.2 Å². The van der Waals surface area contributed by atoms with Crippen molar-refractivity contribution in [2.45, 2.75) is 51.7 Å². The number of phenolic OH excluding ortho intramolecular Hbond substituents is 1. The molecule has 5 nitrogen and oxygen atoms in total. The van der Waals surface area contributed by atoms with Crippen LogP contribution in [-0.4, -0.2) is 29.3 Å². The quantitative estimate of drug-likeness (QED) is 0.814. The number of nitrogens with two attached hydrogens (primary N) is 1. The third-order valence-electron chi connectivity index (χ3n) is 4.27. The van der Waals surface area contributed by atoms with E-state index in [2.05, 4.69) is 0 Å². The van der Waals surface area contributed by atoms with E-state index in [1.54, 1.807) is 18.2 Å². The van der Waals surface area contributed by atoms with Crippen LogP contribution >= 0.6 is 0 Å². The second-order valence-corrected chi connectivity index (χ2v) is 6.44. The van der Waals surface area contributed by atoms with E-state index in [0.717, 1.165) is 5.46 Å². The van der Waals surface area contributed by atoms with Gasteiger partial charge in [-0.15, -0.1) is 0 Å². The molecule has 0 bridgehead atoms. The van der Waals surface area contributed by atoms with E-state index in [1.807, 2.05) is 27.7 Å². The Hall–Kier alpha value is -1.53. The molecule has 6 heteroatoms. The van der Waals surface area contributed by atoms with Gasteiger partial charge in [0.2, 0.25) is 5.91 Å². The second-order valence-electron chi connectivity index (χ2n) is 6.44. The first-order valence-electron chi connectivity index (χ1n) is 7.08. The first-order valence-corrected chi connectivity index (χ1v) is 7.08. The molecule has 1 aromatic rings. The van der Waals surface area contributed by atoms with Crippen molar-refractivity contribution in [2.75, 3.05) is 0 Å². The molecule has 0 radical (unpaired) electrons. The Labute approximate surface area is 125 Å². The molecule has 0 aromatic heterocycles. The fourth-order valence-electron chi connectivity index (χ4n) is 2.19. The first-order chi connectivity index (χ1) is 9.62. The smallest absolute Gasteiger partial charge is 0.494 e. The van der Waals surface area contributed by atoms with E-state index in [1.165, 1.54) is 0 Å². The van der Waals surface area contributed by atoms with Gasteiger partial charge in [0.05, 0.1) is 11.2 Å². The number of rotatable bonds is 4. The largest absolute Gasteiger partial charge is 0.508 e. The average molecular weight is 291 g/mol. The fourth-order valence-corrected chi connectivity index (χ4v) is 2.19. The molecule has 3 N–H and O–H groups in total. The van der Waals surface area contributed by atoms with Crippen LogP contribution < -0.4 is 11.2 Å². The highest BCUT2D eigenvalue weighted by atomic mass is 16.7. The highest BCUT2D eigenvalue weighted by Gasteiger charge is 2.51. The SMILES string of the molecule is CC1(C)OB(c2ccc(O)c(CCC(N)=O)c2)OC1(C)C. The lowest BCUT2D eigenvalue weighted by atomic mass is 9.78. The first kappa shape index (κ1) is 15.9. The third-order valence-corrected chi connectivity index (χ3v) is 4.27. The van der Waals surface area contributed by atoms with Gasteiger partial charge in [0.25, 0.3) is 0 Å². The van der Waals surface area contributed by atoms with Gasteiger partial charge < -0.3 is 20.1 Å². The average Bonchev–Trinajstić information content (AvgIpc) is 2.57. The Bertz CT molecular complexity index is 541. The Kier molecular flexibility index (Phi) is 4.04. The predicted molar refractivity (Wildman–Crippen MR) is 81.3 cm³/mol. The zero-order valence-corrected chi connectivity index (χ0v) is 13.0. The minimum absolute atomic E-state index is 0.150. The lowest BCUT2D eigenvalue weighted by molar-refractivity contribution is -0.117. The van der Waals surface area contributed by atoms with E-state index in [-0.39, 0.29) is 12.2 Å². The molecular weight excluding hydrogens is 269 g/mol. The number of carbonyl (C=O) groups excluding carboxylic acids is 1. The number of aromatic hydroxyl groups is 1. The summed E-state index contributed by atoms with van der Waals surface area (Å²) in [6, 6.07) is 5.17. The monoisotopic (exact) mass is 291 g/mol. The van der Waals surface area contributed by atoms with Crippen molar-refractivity contribution in [3.63, 3.8) is 0 Å². The number of phenols is 1. The topological polar surface area (TPSA) is 81.8 Å². The van der Waals surface area contributed by atoms with Gasteiger partial charge in [-0.1, -0.05) is 12.1 Å². The Balaban J connectivity index is 2.22. The summed E-state index contributed by atoms with van der Waals surface area (Å²) < 4.78 is 12.0. The number of aryl methyl sites for hydroxylation is 1. The molecule has 1 aliphatic heterocycles. The standard InChI is InChI=1S/C15H22BNO4/c1-14(2)15(3,4)21-16(20-14)11-6-7-12(18)10(9-11)5-8-13(17)19/h6-7,9,18H,5,8H2,1-4H3,(H2,17,19). The van der Waals surface area contributed by atoms with Crippen LogP contribution in [0.5, 0.6) is 5.75 Å². The van der Waals surface area contributed by atoms with Crippen molar-refractivity contribution < 1.29 is 19.2 Å². The molecular formula is C15H22BNO4. The summed E-state index contributed by atoms with van der Waals surface area (Å²) in [6.07, 6.45) is 0.592. The Morgan fingerprint density at radius 2 is 1.81 bits per heavy atom. The number of carbonyl (C=O) groups is 1. The molecule has 0 aliphatic carbocycles. The summed E-state index contributed by atoms with van der Waals surface area (Å²) in [6.45, 7) is 7.95. The van der Waals surface area contributed by atoms with Gasteiger partial charge in [-0.3, -0.25) is 4.79 Å². The fraction of sp³-hybridized carbons (Fsp3) is 0.533. The van der Waals surface area contributed by atoms with Crippen LogP contribution in [-0.2, 0) is 20.5 Å². The molecule has 1 amide bonds. The van der Waals surface area contributed by atoms with Crippen LogP contribution in [0.15, 0.2) is 18.2 Å². The molecule has 1 saturated heterocycles. The van der Waals surface area contributed by atoms with Crippen molar-refractivity contribution in [3.05, 3.63) is 23.8 Å². The lowest BCUT2D eigenvalue weighted by Crippen LogP contribution is -2.41. The maximum absolute atomic E-state index is 10.9. The van der Waals surface area contributed by atoms with Crippen LogP contribution in [0.25, 0.3) is 0 Å². The summed E-state index contributed by atoms with van der Waals surface area (Å²) in [7, 11) is -0.483. The predicted octanol–water partition coefficient (Wildman–Crippen LogP) is 1.11. The van der Waals surface area contributed by atoms with Crippen LogP contribution in [0.3, 0.4) is 0 Å². The van der Waals surface area contributed by atoms with Gasteiger partial charge in [0.1, 0.15) is 5.75 Å². The minimum Gasteiger partial charge on any atom is -0.508 e. The van der Waals surface area contributed by atoms with E-state index in [4.69, 9.17) is 15.0 Å². The molecule has 0 unspecified atom stereocenters. The summed E-state index contributed by atoms with van der Waals surface area (Å²) in [4.78, 5) is 10.9. The van der Waals surface area contributed by atoms with Gasteiger partial charge in [0, 0.05) is 6.42 Å². The van der Waals surface area contributed by atoms with Crippen molar-refractivity contribution in [2.24, 2.45) is 5.73 Å². The zero-order chi connectivity index (χ0) is 15.8. The number of hydrogen-bond donors (Lipinski definition) is 2. The third kappa shape index (κ3) is 3.22. The number of hydrogen-bond acceptors (Lipinski definition) is 4. The molecule has 1 fully saturated rings. The van der Waals surface area contributed by atoms with Crippen molar-refractivity contribution in [1.29, 1.82) is 0 Å². The maximum atomic E-state index is 10.9. The van der Waals surface area contributed by atoms with Crippen molar-refractivity contribution in [3.8, 4) is 5.75 Å². The van der Waals surface area contributed by atoms with Gasteiger partial charge >= 0.3 is 7.12 Å². The van der Waals surface area contributed by atoms with Crippen LogP contribution in [0.1, 0.15) is 39.7 Å². The van der Waals surface area contributed by atoms with E-state index >= 15 is 0 Å². The molecule has 114 valence electrons. The van der Waals surface area contributed by atoms with Gasteiger partial charge in [-0.25, -0.2) is 0 Å². The molecule has 1 aromatic carbocycles. The van der Waals surface area contributed by atoms with Crippen LogP contribution in [0, 0.1) is 0 Å². The van der Waals surface area contributed by atoms with E-state index in [0.29, 0.717) is 12.0 Å². The van der Waals surface area contributed by atoms with Crippen LogP contribution in [0.2, 0.25) is 0 Å². The lowest BCUT2D eigenvalue weighted by Gasteiger charge is -2.32. The second kappa shape index (κ2) is 5.35. The minimum atomic E-state index is -0.483. The zero-order valence-electron chi connectivity index (χ0n) is 13.0. The van der Waals surface area contributed by atoms with Crippen molar-refractivity contribution in [1.82, 2.24) is 0 Å². The molecule has 0 saturated carbocycles. The summed E-state index contributed by atoms with van der Waals surface area (Å²) in [5, 5.41) is 9.86. The molecule has 21 heavy (non-hydrogen) atoms. The Morgan fingerprint density at radius 1 is 1.24 bits per heavy atom. The maximum Gasteiger partial charge on any atom is 0.494 e. The van der Waals surface area contributed by atoms with Crippen molar-refractivity contribution >= 4 is 18.5 Å². The highest BCUT2D eigenvalue weighted by molar-refractivity contribution is 6.62. The van der Waals surface area contributed by atoms with Gasteiger partial charge in [-0.2, -0.15) is 0 Å². The summed E-state index contributed by atoms with van der Waals surface area (Å²) in [5.74, 6) is -0.244. The summed E-state index contributed by atoms with van der Waals surface area (Å²) in [5.41, 5.74) is 5.82. The van der Waals surface area contributed by atoms with Gasteiger partial charge in [0.15, 0.2) is 0 Å². The number of amides is 1. The van der Waals surface area contributed by atoms with Crippen LogP contribution in [0.4, 0.5) is 0 Å². The molecule has 2 rings (SSSR count). The normalized spacial score (nSPS) is 19.7. The highest BCUT2D eigenvalue weighted by Crippen LogP contribution is 2.36. The molecule has 1 heterocycles. The molecule has 0 atom stereocenters.